The van der Waals surface area contributed by atoms with Crippen LogP contribution in [-0.2, 0) is 10.0 Å². The van der Waals surface area contributed by atoms with Crippen LogP contribution >= 0.6 is 15.9 Å². The largest absolute Gasteiger partial charge is 0.368 e. The summed E-state index contributed by atoms with van der Waals surface area (Å²) in [5.74, 6) is 0. The number of hydrogen-bond acceptors (Lipinski definition) is 5. The average Bonchev–Trinajstić information content (AvgIpc) is 2.68. The maximum absolute atomic E-state index is 12.7. The van der Waals surface area contributed by atoms with Gasteiger partial charge in [-0.15, -0.1) is 0 Å². The van der Waals surface area contributed by atoms with Gasteiger partial charge in [-0.05, 0) is 55.6 Å². The number of fused-ring (bicyclic) bond motifs is 1. The van der Waals surface area contributed by atoms with Crippen molar-refractivity contribution in [2.45, 2.75) is 4.90 Å². The number of halogens is 1. The molecule has 1 fully saturated rings. The molecule has 0 unspecified atom stereocenters. The van der Waals surface area contributed by atoms with Gasteiger partial charge in [-0.3, -0.25) is 9.71 Å². The Morgan fingerprint density at radius 2 is 1.71 bits per heavy atom. The number of aromatic nitrogens is 1. The summed E-state index contributed by atoms with van der Waals surface area (Å²) < 4.78 is 28.9. The minimum atomic E-state index is -3.66. The number of pyridine rings is 1. The molecule has 1 saturated heterocycles. The lowest BCUT2D eigenvalue weighted by atomic mass is 10.1. The van der Waals surface area contributed by atoms with Gasteiger partial charge in [0.05, 0.1) is 10.4 Å². The SMILES string of the molecule is CN1CCN(c2ccnc3ccc(NS(=O)(=O)c4ccc(Br)cc4)cc23)CC1. The summed E-state index contributed by atoms with van der Waals surface area (Å²) in [5, 5.41) is 0.947. The van der Waals surface area contributed by atoms with E-state index in [1.165, 1.54) is 0 Å². The van der Waals surface area contributed by atoms with Crippen molar-refractivity contribution in [3.63, 3.8) is 0 Å². The van der Waals surface area contributed by atoms with Gasteiger partial charge >= 0.3 is 0 Å². The number of piperazine rings is 1. The second kappa shape index (κ2) is 7.69. The Kier molecular flexibility index (Phi) is 5.27. The van der Waals surface area contributed by atoms with Gasteiger partial charge in [0, 0.05) is 53.6 Å². The van der Waals surface area contributed by atoms with Crippen molar-refractivity contribution >= 4 is 48.2 Å². The van der Waals surface area contributed by atoms with Crippen LogP contribution in [0.1, 0.15) is 0 Å². The third-order valence-electron chi connectivity index (χ3n) is 4.94. The first-order valence-electron chi connectivity index (χ1n) is 9.03. The van der Waals surface area contributed by atoms with Gasteiger partial charge in [0.2, 0.25) is 0 Å². The molecule has 1 aromatic heterocycles. The summed E-state index contributed by atoms with van der Waals surface area (Å²) in [7, 11) is -1.53. The first-order valence-corrected chi connectivity index (χ1v) is 11.3. The number of hydrogen-bond donors (Lipinski definition) is 1. The van der Waals surface area contributed by atoms with E-state index in [0.29, 0.717) is 5.69 Å². The first kappa shape index (κ1) is 19.2. The topological polar surface area (TPSA) is 65.5 Å². The highest BCUT2D eigenvalue weighted by atomic mass is 79.9. The van der Waals surface area contributed by atoms with Crippen LogP contribution < -0.4 is 9.62 Å². The Morgan fingerprint density at radius 1 is 1.00 bits per heavy atom. The predicted octanol–water partition coefficient (Wildman–Crippen LogP) is 3.55. The molecular formula is C20H21BrN4O2S. The van der Waals surface area contributed by atoms with Crippen molar-refractivity contribution in [3.05, 3.63) is 59.2 Å². The standard InChI is InChI=1S/C20H21BrN4O2S/c1-24-10-12-25(13-11-24)20-8-9-22-19-7-4-16(14-18(19)20)23-28(26,27)17-5-2-15(21)3-6-17/h2-9,14,23H,10-13H2,1H3. The van der Waals surface area contributed by atoms with Crippen molar-refractivity contribution in [1.29, 1.82) is 0 Å². The molecule has 28 heavy (non-hydrogen) atoms. The number of nitrogens with zero attached hydrogens (tertiary/aromatic N) is 3. The molecule has 2 heterocycles. The summed E-state index contributed by atoms with van der Waals surface area (Å²) >= 11 is 3.33. The third kappa shape index (κ3) is 3.99. The molecule has 0 amide bonds. The van der Waals surface area contributed by atoms with Crippen LogP contribution in [0.5, 0.6) is 0 Å². The molecule has 0 bridgehead atoms. The van der Waals surface area contributed by atoms with E-state index in [4.69, 9.17) is 0 Å². The third-order valence-corrected chi connectivity index (χ3v) is 6.86. The Hall–Kier alpha value is -2.16. The minimum absolute atomic E-state index is 0.223. The zero-order valence-corrected chi connectivity index (χ0v) is 17.9. The molecule has 1 N–H and O–H groups in total. The molecule has 0 atom stereocenters. The van der Waals surface area contributed by atoms with Crippen LogP contribution in [0, 0.1) is 0 Å². The maximum atomic E-state index is 12.7. The Morgan fingerprint density at radius 3 is 2.43 bits per heavy atom. The summed E-state index contributed by atoms with van der Waals surface area (Å²) in [6.45, 7) is 3.87. The summed E-state index contributed by atoms with van der Waals surface area (Å²) in [4.78, 5) is 9.29. The number of nitrogens with one attached hydrogen (secondary N) is 1. The highest BCUT2D eigenvalue weighted by Crippen LogP contribution is 2.29. The summed E-state index contributed by atoms with van der Waals surface area (Å²) in [6.07, 6.45) is 1.81. The second-order valence-corrected chi connectivity index (χ2v) is 9.51. The van der Waals surface area contributed by atoms with E-state index in [-0.39, 0.29) is 4.90 Å². The molecule has 1 aliphatic heterocycles. The van der Waals surface area contributed by atoms with Crippen molar-refractivity contribution in [2.75, 3.05) is 42.8 Å². The fourth-order valence-electron chi connectivity index (χ4n) is 3.35. The summed E-state index contributed by atoms with van der Waals surface area (Å²) in [5.41, 5.74) is 2.46. The Balaban J connectivity index is 1.67. The molecule has 6 nitrogen and oxygen atoms in total. The molecule has 4 rings (SSSR count). The lowest BCUT2D eigenvalue weighted by molar-refractivity contribution is 0.313. The molecule has 0 saturated carbocycles. The first-order chi connectivity index (χ1) is 13.4. The number of sulfonamides is 1. The van der Waals surface area contributed by atoms with Crippen LogP contribution in [0.3, 0.4) is 0 Å². The number of rotatable bonds is 4. The van der Waals surface area contributed by atoms with E-state index < -0.39 is 10.0 Å². The van der Waals surface area contributed by atoms with Crippen LogP contribution in [0.25, 0.3) is 10.9 Å². The molecule has 1 aliphatic rings. The fourth-order valence-corrected chi connectivity index (χ4v) is 4.66. The monoisotopic (exact) mass is 460 g/mol. The molecular weight excluding hydrogens is 440 g/mol. The van der Waals surface area contributed by atoms with Gasteiger partial charge in [0.15, 0.2) is 0 Å². The minimum Gasteiger partial charge on any atom is -0.368 e. The Labute approximate surface area is 173 Å². The van der Waals surface area contributed by atoms with Gasteiger partial charge in [-0.2, -0.15) is 0 Å². The fraction of sp³-hybridized carbons (Fsp3) is 0.250. The number of anilines is 2. The van der Waals surface area contributed by atoms with E-state index in [9.17, 15) is 8.42 Å². The zero-order valence-electron chi connectivity index (χ0n) is 15.5. The van der Waals surface area contributed by atoms with E-state index in [0.717, 1.165) is 47.2 Å². The van der Waals surface area contributed by atoms with E-state index in [1.54, 1.807) is 30.3 Å². The van der Waals surface area contributed by atoms with Crippen LogP contribution in [0.4, 0.5) is 11.4 Å². The van der Waals surface area contributed by atoms with Crippen LogP contribution in [0.2, 0.25) is 0 Å². The quantitative estimate of drug-likeness (QED) is 0.644. The summed E-state index contributed by atoms with van der Waals surface area (Å²) in [6, 6.07) is 14.0. The molecule has 2 aromatic carbocycles. The Bertz CT molecular complexity index is 1090. The lowest BCUT2D eigenvalue weighted by Gasteiger charge is -2.34. The average molecular weight is 461 g/mol. The zero-order chi connectivity index (χ0) is 19.7. The molecule has 0 spiro atoms. The van der Waals surface area contributed by atoms with E-state index in [1.807, 2.05) is 24.4 Å². The van der Waals surface area contributed by atoms with Gasteiger partial charge in [0.1, 0.15) is 0 Å². The van der Waals surface area contributed by atoms with Gasteiger partial charge < -0.3 is 9.80 Å². The van der Waals surface area contributed by atoms with Gasteiger partial charge in [0.25, 0.3) is 10.0 Å². The molecule has 146 valence electrons. The second-order valence-electron chi connectivity index (χ2n) is 6.91. The van der Waals surface area contributed by atoms with E-state index >= 15 is 0 Å². The highest BCUT2D eigenvalue weighted by molar-refractivity contribution is 9.10. The molecule has 8 heteroatoms. The maximum Gasteiger partial charge on any atom is 0.261 e. The number of likely N-dealkylation sites (N-methyl/N-ethyl adjacent to an activating group) is 1. The molecule has 0 aliphatic carbocycles. The molecule has 0 radical (unpaired) electrons. The normalized spacial score (nSPS) is 15.7. The van der Waals surface area contributed by atoms with Crippen LogP contribution in [-0.4, -0.2) is 51.5 Å². The molecule has 3 aromatic rings. The lowest BCUT2D eigenvalue weighted by Crippen LogP contribution is -2.44. The van der Waals surface area contributed by atoms with Gasteiger partial charge in [-0.25, -0.2) is 8.42 Å². The van der Waals surface area contributed by atoms with Crippen molar-refractivity contribution in [1.82, 2.24) is 9.88 Å². The predicted molar refractivity (Wildman–Crippen MR) is 116 cm³/mol. The number of benzene rings is 2. The smallest absolute Gasteiger partial charge is 0.261 e. The van der Waals surface area contributed by atoms with Crippen molar-refractivity contribution in [3.8, 4) is 0 Å². The highest BCUT2D eigenvalue weighted by Gasteiger charge is 2.18. The van der Waals surface area contributed by atoms with Crippen LogP contribution in [0.15, 0.2) is 64.1 Å². The van der Waals surface area contributed by atoms with Crippen molar-refractivity contribution in [2.24, 2.45) is 0 Å². The van der Waals surface area contributed by atoms with Gasteiger partial charge in [-0.1, -0.05) is 15.9 Å². The van der Waals surface area contributed by atoms with E-state index in [2.05, 4.69) is 42.5 Å². The van der Waals surface area contributed by atoms with Crippen molar-refractivity contribution < 1.29 is 8.42 Å².